The number of pyridine rings is 1. The topological polar surface area (TPSA) is 95.6 Å². The Balaban J connectivity index is 0.00000144. The number of benzene rings is 2. The number of carbonyl (C=O) groups excluding carboxylic acids is 1. The molecule has 7 heteroatoms. The second-order valence-electron chi connectivity index (χ2n) is 4.93. The lowest BCUT2D eigenvalue weighted by Crippen LogP contribution is -3.00. The summed E-state index contributed by atoms with van der Waals surface area (Å²) in [6.45, 7) is 0.141. The van der Waals surface area contributed by atoms with E-state index < -0.39 is 4.92 Å². The summed E-state index contributed by atoms with van der Waals surface area (Å²) in [5.41, 5.74) is 1.21. The fourth-order valence-electron chi connectivity index (χ4n) is 2.40. The normalized spacial score (nSPS) is 9.67. The Labute approximate surface area is 148 Å². The average molecular weight is 391 g/mol. The first kappa shape index (κ1) is 19.4. The van der Waals surface area contributed by atoms with Crippen LogP contribution in [0.5, 0.6) is 0 Å². The van der Waals surface area contributed by atoms with E-state index in [-0.39, 0.29) is 40.5 Å². The van der Waals surface area contributed by atoms with Crippen molar-refractivity contribution >= 4 is 22.4 Å². The zero-order valence-corrected chi connectivity index (χ0v) is 14.1. The van der Waals surface area contributed by atoms with Crippen LogP contribution in [0.2, 0.25) is 0 Å². The highest BCUT2D eigenvalue weighted by Gasteiger charge is 2.17. The van der Waals surface area contributed by atoms with E-state index in [1.54, 1.807) is 6.07 Å². The van der Waals surface area contributed by atoms with Crippen molar-refractivity contribution < 1.29 is 36.7 Å². The van der Waals surface area contributed by atoms with Crippen LogP contribution in [0.1, 0.15) is 10.4 Å². The fourth-order valence-corrected chi connectivity index (χ4v) is 2.40. The van der Waals surface area contributed by atoms with Gasteiger partial charge in [0.15, 0.2) is 6.20 Å². The molecule has 0 saturated carbocycles. The molecule has 24 heavy (non-hydrogen) atoms. The van der Waals surface area contributed by atoms with Gasteiger partial charge in [-0.1, -0.05) is 24.3 Å². The van der Waals surface area contributed by atoms with Crippen LogP contribution in [-0.4, -0.2) is 16.2 Å². The molecule has 6 nitrogen and oxygen atoms in total. The first-order valence-corrected chi connectivity index (χ1v) is 6.80. The van der Waals surface area contributed by atoms with Gasteiger partial charge in [0.1, 0.15) is 0 Å². The molecule has 0 fully saturated rings. The summed E-state index contributed by atoms with van der Waals surface area (Å²) >= 11 is 0. The molecular formula is C17H15BrN2O4. The van der Waals surface area contributed by atoms with Gasteiger partial charge in [-0.05, 0) is 12.1 Å². The van der Waals surface area contributed by atoms with E-state index in [0.717, 1.165) is 10.9 Å². The number of hydrogen-bond donors (Lipinski definition) is 0. The van der Waals surface area contributed by atoms with Crippen molar-refractivity contribution in [3.63, 3.8) is 0 Å². The van der Waals surface area contributed by atoms with Crippen molar-refractivity contribution in [2.45, 2.75) is 6.54 Å². The SMILES string of the molecule is O.O=C(C[n+]1cccc2ccccc21)c1cccc([N+](=O)[O-])c1.[Br-]. The number of carbonyl (C=O) groups is 1. The Morgan fingerprint density at radius 1 is 1.04 bits per heavy atom. The molecule has 0 atom stereocenters. The maximum Gasteiger partial charge on any atom is 0.270 e. The third-order valence-corrected chi connectivity index (χ3v) is 3.48. The van der Waals surface area contributed by atoms with E-state index in [9.17, 15) is 14.9 Å². The van der Waals surface area contributed by atoms with Crippen LogP contribution in [0.3, 0.4) is 0 Å². The number of nitro benzene ring substituents is 1. The smallest absolute Gasteiger partial charge is 0.270 e. The van der Waals surface area contributed by atoms with Crippen LogP contribution < -0.4 is 21.5 Å². The Hall–Kier alpha value is -2.64. The summed E-state index contributed by atoms with van der Waals surface area (Å²) in [4.78, 5) is 22.7. The number of para-hydroxylation sites is 1. The van der Waals surface area contributed by atoms with Crippen molar-refractivity contribution in [3.05, 3.63) is 82.5 Å². The van der Waals surface area contributed by atoms with E-state index in [2.05, 4.69) is 0 Å². The van der Waals surface area contributed by atoms with E-state index in [1.165, 1.54) is 18.2 Å². The molecule has 0 bridgehead atoms. The zero-order chi connectivity index (χ0) is 15.5. The van der Waals surface area contributed by atoms with Gasteiger partial charge in [-0.15, -0.1) is 0 Å². The van der Waals surface area contributed by atoms with Gasteiger partial charge in [-0.3, -0.25) is 14.9 Å². The lowest BCUT2D eigenvalue weighted by Gasteiger charge is -2.01. The number of nitrogens with zero attached hydrogens (tertiary/aromatic N) is 2. The summed E-state index contributed by atoms with van der Waals surface area (Å²) in [6, 6.07) is 17.4. The molecule has 0 aliphatic rings. The first-order valence-electron chi connectivity index (χ1n) is 6.80. The predicted octanol–water partition coefficient (Wildman–Crippen LogP) is -0.902. The number of non-ortho nitro benzene ring substituents is 1. The third-order valence-electron chi connectivity index (χ3n) is 3.48. The van der Waals surface area contributed by atoms with Crippen molar-refractivity contribution in [1.82, 2.24) is 0 Å². The number of halogens is 1. The van der Waals surface area contributed by atoms with Gasteiger partial charge in [0.05, 0.1) is 4.92 Å². The number of fused-ring (bicyclic) bond motifs is 1. The number of ketones is 1. The van der Waals surface area contributed by atoms with Gasteiger partial charge in [0, 0.05) is 35.2 Å². The van der Waals surface area contributed by atoms with Gasteiger partial charge >= 0.3 is 0 Å². The van der Waals surface area contributed by atoms with E-state index in [0.29, 0.717) is 5.56 Å². The van der Waals surface area contributed by atoms with E-state index in [4.69, 9.17) is 0 Å². The molecule has 1 heterocycles. The van der Waals surface area contributed by atoms with Gasteiger partial charge in [-0.25, -0.2) is 0 Å². The summed E-state index contributed by atoms with van der Waals surface area (Å²) in [5.74, 6) is -0.162. The number of nitro groups is 1. The molecule has 3 aromatic rings. The highest BCUT2D eigenvalue weighted by Crippen LogP contribution is 2.14. The predicted molar refractivity (Wildman–Crippen MR) is 85.2 cm³/mol. The van der Waals surface area contributed by atoms with Crippen molar-refractivity contribution in [3.8, 4) is 0 Å². The monoisotopic (exact) mass is 390 g/mol. The largest absolute Gasteiger partial charge is 1.00 e. The van der Waals surface area contributed by atoms with Crippen molar-refractivity contribution in [1.29, 1.82) is 0 Å². The molecule has 1 aromatic heterocycles. The highest BCUT2D eigenvalue weighted by molar-refractivity contribution is 5.95. The lowest BCUT2D eigenvalue weighted by atomic mass is 10.1. The molecule has 0 unspecified atom stereocenters. The quantitative estimate of drug-likeness (QED) is 0.250. The second kappa shape index (κ2) is 8.28. The maximum absolute atomic E-state index is 12.4. The van der Waals surface area contributed by atoms with Gasteiger partial charge in [0.25, 0.3) is 5.69 Å². The second-order valence-corrected chi connectivity index (χ2v) is 4.93. The molecule has 0 saturated heterocycles. The van der Waals surface area contributed by atoms with Gasteiger partial charge in [-0.2, -0.15) is 4.57 Å². The van der Waals surface area contributed by atoms with Gasteiger partial charge in [0.2, 0.25) is 17.8 Å². The molecule has 0 amide bonds. The molecular weight excluding hydrogens is 376 g/mol. The molecule has 0 aliphatic carbocycles. The van der Waals surface area contributed by atoms with Crippen LogP contribution in [-0.2, 0) is 6.54 Å². The minimum Gasteiger partial charge on any atom is -1.00 e. The zero-order valence-electron chi connectivity index (χ0n) is 12.6. The molecule has 0 spiro atoms. The molecule has 0 radical (unpaired) electrons. The Morgan fingerprint density at radius 2 is 1.75 bits per heavy atom. The first-order chi connectivity index (χ1) is 10.6. The van der Waals surface area contributed by atoms with Crippen molar-refractivity contribution in [2.75, 3.05) is 0 Å². The van der Waals surface area contributed by atoms with Crippen LogP contribution in [0.25, 0.3) is 10.9 Å². The van der Waals surface area contributed by atoms with Gasteiger partial charge < -0.3 is 22.5 Å². The summed E-state index contributed by atoms with van der Waals surface area (Å²) in [7, 11) is 0. The number of Topliss-reactive ketones (excluding diaryl/α,β-unsaturated/α-hetero) is 1. The lowest BCUT2D eigenvalue weighted by molar-refractivity contribution is -0.657. The molecule has 0 aliphatic heterocycles. The Kier molecular flexibility index (Phi) is 6.69. The summed E-state index contributed by atoms with van der Waals surface area (Å²) in [6.07, 6.45) is 1.83. The number of hydrogen-bond acceptors (Lipinski definition) is 3. The van der Waals surface area contributed by atoms with Crippen LogP contribution in [0, 0.1) is 10.1 Å². The minimum atomic E-state index is -0.498. The Bertz CT molecular complexity index is 878. The minimum absolute atomic E-state index is 0. The molecule has 124 valence electrons. The molecule has 2 aromatic carbocycles. The van der Waals surface area contributed by atoms with Crippen LogP contribution in [0.4, 0.5) is 5.69 Å². The number of aromatic nitrogens is 1. The van der Waals surface area contributed by atoms with Crippen LogP contribution in [0.15, 0.2) is 66.9 Å². The average Bonchev–Trinajstić information content (AvgIpc) is 2.55. The van der Waals surface area contributed by atoms with Crippen LogP contribution >= 0.6 is 0 Å². The van der Waals surface area contributed by atoms with E-state index in [1.807, 2.05) is 47.2 Å². The fraction of sp³-hybridized carbons (Fsp3) is 0.0588. The summed E-state index contributed by atoms with van der Waals surface area (Å²) in [5, 5.41) is 11.8. The molecule has 2 N–H and O–H groups in total. The third kappa shape index (κ3) is 4.01. The van der Waals surface area contributed by atoms with Crippen molar-refractivity contribution in [2.24, 2.45) is 0 Å². The summed E-state index contributed by atoms with van der Waals surface area (Å²) < 4.78 is 1.84. The highest BCUT2D eigenvalue weighted by atomic mass is 79.9. The standard InChI is InChI=1S/C17H13N2O3.BrH.H2O/c20-17(14-6-3-8-15(11-14)19(21)22)12-18-10-4-7-13-5-1-2-9-16(13)18;;/h1-11H,12H2;1H;1H2/q+1;;/p-1. The Morgan fingerprint density at radius 3 is 2.50 bits per heavy atom. The molecule has 3 rings (SSSR count). The maximum atomic E-state index is 12.4. The number of rotatable bonds is 4. The van der Waals surface area contributed by atoms with E-state index >= 15 is 0 Å².